The third-order valence-electron chi connectivity index (χ3n) is 4.39. The molecule has 0 saturated carbocycles. The second kappa shape index (κ2) is 6.48. The Bertz CT molecular complexity index is 1010. The summed E-state index contributed by atoms with van der Waals surface area (Å²) >= 11 is 0. The molecule has 1 heterocycles. The monoisotopic (exact) mass is 324 g/mol. The van der Waals surface area contributed by atoms with E-state index in [4.69, 9.17) is 9.97 Å². The van der Waals surface area contributed by atoms with Crippen LogP contribution in [-0.4, -0.2) is 9.97 Å². The summed E-state index contributed by atoms with van der Waals surface area (Å²) in [5.74, 6) is 0.312. The summed E-state index contributed by atoms with van der Waals surface area (Å²) in [6.07, 6.45) is 0. The summed E-state index contributed by atoms with van der Waals surface area (Å²) in [7, 11) is 0. The third kappa shape index (κ3) is 3.03. The first-order chi connectivity index (χ1) is 12.2. The molecule has 0 spiro atoms. The van der Waals surface area contributed by atoms with Crippen molar-refractivity contribution in [3.63, 3.8) is 0 Å². The van der Waals surface area contributed by atoms with E-state index in [1.54, 1.807) is 0 Å². The standard InChI is InChI=1S/C23H20N2/c1-16(2)22-23(18-11-7-4-8-12-18)24-20-14-13-19(15-21(20)25-22)17-9-5-3-6-10-17/h3-16H,1-2H3. The normalized spacial score (nSPS) is 11.2. The highest BCUT2D eigenvalue weighted by Gasteiger charge is 2.14. The van der Waals surface area contributed by atoms with Crippen molar-refractivity contribution in [1.82, 2.24) is 9.97 Å². The fourth-order valence-electron chi connectivity index (χ4n) is 3.09. The SMILES string of the molecule is CC(C)c1nc2cc(-c3ccccc3)ccc2nc1-c1ccccc1. The minimum atomic E-state index is 0.312. The lowest BCUT2D eigenvalue weighted by Crippen LogP contribution is -2.01. The van der Waals surface area contributed by atoms with Crippen LogP contribution in [0.2, 0.25) is 0 Å². The molecular formula is C23H20N2. The first kappa shape index (κ1) is 15.5. The quantitative estimate of drug-likeness (QED) is 0.456. The van der Waals surface area contributed by atoms with Gasteiger partial charge in [0.15, 0.2) is 0 Å². The van der Waals surface area contributed by atoms with Crippen molar-refractivity contribution in [3.8, 4) is 22.4 Å². The van der Waals surface area contributed by atoms with Crippen molar-refractivity contribution in [2.45, 2.75) is 19.8 Å². The molecule has 1 aromatic heterocycles. The van der Waals surface area contributed by atoms with Gasteiger partial charge in [0, 0.05) is 5.56 Å². The number of rotatable bonds is 3. The highest BCUT2D eigenvalue weighted by molar-refractivity contribution is 5.83. The molecule has 4 aromatic rings. The predicted octanol–water partition coefficient (Wildman–Crippen LogP) is 6.09. The number of benzene rings is 3. The smallest absolute Gasteiger partial charge is 0.0927 e. The zero-order valence-corrected chi connectivity index (χ0v) is 14.5. The van der Waals surface area contributed by atoms with Gasteiger partial charge in [-0.15, -0.1) is 0 Å². The van der Waals surface area contributed by atoms with Gasteiger partial charge < -0.3 is 0 Å². The summed E-state index contributed by atoms with van der Waals surface area (Å²) in [6.45, 7) is 4.34. The lowest BCUT2D eigenvalue weighted by atomic mass is 10.0. The lowest BCUT2D eigenvalue weighted by molar-refractivity contribution is 0.825. The average Bonchev–Trinajstić information content (AvgIpc) is 2.68. The van der Waals surface area contributed by atoms with E-state index >= 15 is 0 Å². The highest BCUT2D eigenvalue weighted by atomic mass is 14.8. The molecule has 4 rings (SSSR count). The Morgan fingerprint density at radius 1 is 0.600 bits per heavy atom. The molecule has 0 radical (unpaired) electrons. The van der Waals surface area contributed by atoms with Crippen molar-refractivity contribution in [3.05, 3.63) is 84.6 Å². The van der Waals surface area contributed by atoms with Crippen LogP contribution in [0.1, 0.15) is 25.5 Å². The van der Waals surface area contributed by atoms with E-state index in [9.17, 15) is 0 Å². The lowest BCUT2D eigenvalue weighted by Gasteiger charge is -2.13. The van der Waals surface area contributed by atoms with Crippen LogP contribution in [0.25, 0.3) is 33.4 Å². The maximum Gasteiger partial charge on any atom is 0.0927 e. The summed E-state index contributed by atoms with van der Waals surface area (Å²) in [6, 6.07) is 27.0. The molecule has 0 saturated heterocycles. The van der Waals surface area contributed by atoms with Crippen molar-refractivity contribution in [2.75, 3.05) is 0 Å². The summed E-state index contributed by atoms with van der Waals surface area (Å²) in [5, 5.41) is 0. The van der Waals surface area contributed by atoms with Crippen LogP contribution in [0.3, 0.4) is 0 Å². The molecule has 0 unspecified atom stereocenters. The molecule has 2 heteroatoms. The molecule has 0 aliphatic rings. The summed E-state index contributed by atoms with van der Waals surface area (Å²) in [5.41, 5.74) is 7.40. The Morgan fingerprint density at radius 2 is 1.24 bits per heavy atom. The molecule has 3 aromatic carbocycles. The van der Waals surface area contributed by atoms with Crippen molar-refractivity contribution >= 4 is 11.0 Å². The Morgan fingerprint density at radius 3 is 1.88 bits per heavy atom. The maximum absolute atomic E-state index is 4.97. The minimum absolute atomic E-state index is 0.312. The van der Waals surface area contributed by atoms with E-state index < -0.39 is 0 Å². The van der Waals surface area contributed by atoms with Crippen LogP contribution >= 0.6 is 0 Å². The van der Waals surface area contributed by atoms with Crippen LogP contribution in [-0.2, 0) is 0 Å². The van der Waals surface area contributed by atoms with Gasteiger partial charge in [0.25, 0.3) is 0 Å². The molecule has 0 atom stereocenters. The molecule has 0 aliphatic carbocycles. The van der Waals surface area contributed by atoms with Crippen LogP contribution in [0.4, 0.5) is 0 Å². The molecular weight excluding hydrogens is 304 g/mol. The van der Waals surface area contributed by atoms with E-state index in [1.165, 1.54) is 11.1 Å². The van der Waals surface area contributed by atoms with Gasteiger partial charge in [0.2, 0.25) is 0 Å². The van der Waals surface area contributed by atoms with Crippen LogP contribution in [0.15, 0.2) is 78.9 Å². The van der Waals surface area contributed by atoms with Gasteiger partial charge in [-0.25, -0.2) is 9.97 Å². The van der Waals surface area contributed by atoms with E-state index in [1.807, 2.05) is 24.3 Å². The minimum Gasteiger partial charge on any atom is -0.249 e. The van der Waals surface area contributed by atoms with Gasteiger partial charge in [-0.1, -0.05) is 80.6 Å². The number of hydrogen-bond donors (Lipinski definition) is 0. The van der Waals surface area contributed by atoms with Gasteiger partial charge in [0.1, 0.15) is 0 Å². The first-order valence-corrected chi connectivity index (χ1v) is 8.65. The van der Waals surface area contributed by atoms with Gasteiger partial charge in [-0.2, -0.15) is 0 Å². The van der Waals surface area contributed by atoms with Crippen molar-refractivity contribution < 1.29 is 0 Å². The second-order valence-corrected chi connectivity index (χ2v) is 6.55. The Balaban J connectivity index is 1.91. The molecule has 122 valence electrons. The number of aromatic nitrogens is 2. The molecule has 0 aliphatic heterocycles. The van der Waals surface area contributed by atoms with Crippen LogP contribution in [0, 0.1) is 0 Å². The summed E-state index contributed by atoms with van der Waals surface area (Å²) in [4.78, 5) is 9.91. The van der Waals surface area contributed by atoms with E-state index in [0.717, 1.165) is 28.0 Å². The molecule has 0 bridgehead atoms. The zero-order chi connectivity index (χ0) is 17.2. The zero-order valence-electron chi connectivity index (χ0n) is 14.5. The van der Waals surface area contributed by atoms with Gasteiger partial charge in [-0.05, 0) is 29.2 Å². The maximum atomic E-state index is 4.97. The number of fused-ring (bicyclic) bond motifs is 1. The average molecular weight is 324 g/mol. The van der Waals surface area contributed by atoms with Gasteiger partial charge in [0.05, 0.1) is 22.4 Å². The largest absolute Gasteiger partial charge is 0.249 e. The van der Waals surface area contributed by atoms with Gasteiger partial charge in [-0.3, -0.25) is 0 Å². The second-order valence-electron chi connectivity index (χ2n) is 6.55. The van der Waals surface area contributed by atoms with Crippen molar-refractivity contribution in [1.29, 1.82) is 0 Å². The fraction of sp³-hybridized carbons (Fsp3) is 0.130. The Hall–Kier alpha value is -3.00. The molecule has 0 N–H and O–H groups in total. The molecule has 0 amide bonds. The first-order valence-electron chi connectivity index (χ1n) is 8.65. The van der Waals surface area contributed by atoms with E-state index in [2.05, 4.69) is 68.4 Å². The fourth-order valence-corrected chi connectivity index (χ4v) is 3.09. The topological polar surface area (TPSA) is 25.8 Å². The van der Waals surface area contributed by atoms with Gasteiger partial charge >= 0.3 is 0 Å². The van der Waals surface area contributed by atoms with Crippen molar-refractivity contribution in [2.24, 2.45) is 0 Å². The van der Waals surface area contributed by atoms with Crippen LogP contribution in [0.5, 0.6) is 0 Å². The Kier molecular flexibility index (Phi) is 4.02. The summed E-state index contributed by atoms with van der Waals surface area (Å²) < 4.78 is 0. The number of hydrogen-bond acceptors (Lipinski definition) is 2. The number of nitrogens with zero attached hydrogens (tertiary/aromatic N) is 2. The Labute approximate surface area is 148 Å². The van der Waals surface area contributed by atoms with E-state index in [-0.39, 0.29) is 0 Å². The predicted molar refractivity (Wildman–Crippen MR) is 104 cm³/mol. The molecule has 2 nitrogen and oxygen atoms in total. The highest BCUT2D eigenvalue weighted by Crippen LogP contribution is 2.30. The third-order valence-corrected chi connectivity index (χ3v) is 4.39. The van der Waals surface area contributed by atoms with Crippen LogP contribution < -0.4 is 0 Å². The molecule has 0 fully saturated rings. The van der Waals surface area contributed by atoms with E-state index in [0.29, 0.717) is 5.92 Å². The molecule has 25 heavy (non-hydrogen) atoms.